The van der Waals surface area contributed by atoms with E-state index in [4.69, 9.17) is 9.47 Å². The summed E-state index contributed by atoms with van der Waals surface area (Å²) < 4.78 is 10.7. The summed E-state index contributed by atoms with van der Waals surface area (Å²) in [5, 5.41) is 0.500. The number of amides is 1. The van der Waals surface area contributed by atoms with Crippen molar-refractivity contribution >= 4 is 16.8 Å². The van der Waals surface area contributed by atoms with Crippen LogP contribution in [0.4, 0.5) is 0 Å². The van der Waals surface area contributed by atoms with Gasteiger partial charge in [-0.05, 0) is 25.0 Å². The van der Waals surface area contributed by atoms with Crippen molar-refractivity contribution in [3.63, 3.8) is 0 Å². The SMILES string of the molecule is COc1ccc2c(=O)c(C(=O)N3CCC4(CCOC4)C3)c[nH]c2c1. The number of carbonyl (C=O) groups is 1. The van der Waals surface area contributed by atoms with E-state index < -0.39 is 0 Å². The zero-order chi connectivity index (χ0) is 16.7. The Balaban J connectivity index is 1.65. The Kier molecular flexibility index (Phi) is 3.57. The number of hydrogen-bond acceptors (Lipinski definition) is 4. The van der Waals surface area contributed by atoms with Crippen LogP contribution in [0.1, 0.15) is 23.2 Å². The summed E-state index contributed by atoms with van der Waals surface area (Å²) in [7, 11) is 1.58. The molecule has 1 amide bonds. The molecule has 126 valence electrons. The van der Waals surface area contributed by atoms with Crippen LogP contribution < -0.4 is 10.2 Å². The number of ether oxygens (including phenoxy) is 2. The maximum atomic E-state index is 12.8. The molecular formula is C18H20N2O4. The van der Waals surface area contributed by atoms with Gasteiger partial charge in [0.2, 0.25) is 5.43 Å². The van der Waals surface area contributed by atoms with Gasteiger partial charge in [-0.3, -0.25) is 9.59 Å². The van der Waals surface area contributed by atoms with Gasteiger partial charge in [0.15, 0.2) is 0 Å². The van der Waals surface area contributed by atoms with Crippen LogP contribution in [0.2, 0.25) is 0 Å². The van der Waals surface area contributed by atoms with Gasteiger partial charge in [-0.15, -0.1) is 0 Å². The summed E-state index contributed by atoms with van der Waals surface area (Å²) in [6.07, 6.45) is 3.45. The van der Waals surface area contributed by atoms with Crippen molar-refractivity contribution in [2.75, 3.05) is 33.4 Å². The first-order valence-electron chi connectivity index (χ1n) is 8.18. The Hall–Kier alpha value is -2.34. The molecule has 24 heavy (non-hydrogen) atoms. The zero-order valence-corrected chi connectivity index (χ0v) is 13.6. The fourth-order valence-corrected chi connectivity index (χ4v) is 3.74. The Morgan fingerprint density at radius 1 is 1.38 bits per heavy atom. The van der Waals surface area contributed by atoms with Gasteiger partial charge in [0.05, 0.1) is 19.2 Å². The van der Waals surface area contributed by atoms with Gasteiger partial charge >= 0.3 is 0 Å². The third kappa shape index (κ3) is 2.38. The molecule has 6 nitrogen and oxygen atoms in total. The van der Waals surface area contributed by atoms with Crippen molar-refractivity contribution in [1.29, 1.82) is 0 Å². The number of methoxy groups -OCH3 is 1. The van der Waals surface area contributed by atoms with Crippen molar-refractivity contribution in [3.05, 3.63) is 40.2 Å². The van der Waals surface area contributed by atoms with E-state index >= 15 is 0 Å². The lowest BCUT2D eigenvalue weighted by molar-refractivity contribution is 0.0764. The standard InChI is InChI=1S/C18H20N2O4/c1-23-12-2-3-13-15(8-12)19-9-14(16(13)21)17(22)20-6-4-18(10-20)5-7-24-11-18/h2-3,8-9H,4-7,10-11H2,1H3,(H,19,21). The van der Waals surface area contributed by atoms with Crippen molar-refractivity contribution < 1.29 is 14.3 Å². The number of aromatic nitrogens is 1. The predicted molar refractivity (Wildman–Crippen MR) is 89.5 cm³/mol. The first kappa shape index (κ1) is 15.2. The third-order valence-corrected chi connectivity index (χ3v) is 5.23. The molecule has 3 heterocycles. The van der Waals surface area contributed by atoms with Crippen LogP contribution in [-0.4, -0.2) is 49.2 Å². The summed E-state index contributed by atoms with van der Waals surface area (Å²) in [6, 6.07) is 5.18. The van der Waals surface area contributed by atoms with E-state index in [0.717, 1.165) is 19.4 Å². The molecule has 0 bridgehead atoms. The smallest absolute Gasteiger partial charge is 0.259 e. The van der Waals surface area contributed by atoms with Gasteiger partial charge < -0.3 is 19.4 Å². The highest BCUT2D eigenvalue weighted by Gasteiger charge is 2.43. The Morgan fingerprint density at radius 2 is 2.25 bits per heavy atom. The molecule has 2 aliphatic rings. The maximum absolute atomic E-state index is 12.8. The molecule has 1 N–H and O–H groups in total. The quantitative estimate of drug-likeness (QED) is 0.912. The van der Waals surface area contributed by atoms with E-state index in [1.807, 2.05) is 0 Å². The Morgan fingerprint density at radius 3 is 3.00 bits per heavy atom. The highest BCUT2D eigenvalue weighted by Crippen LogP contribution is 2.38. The Bertz CT molecular complexity index is 852. The fraction of sp³-hybridized carbons (Fsp3) is 0.444. The van der Waals surface area contributed by atoms with Gasteiger partial charge in [-0.1, -0.05) is 0 Å². The molecule has 1 atom stereocenters. The molecule has 0 aliphatic carbocycles. The number of benzene rings is 1. The molecule has 4 rings (SSSR count). The van der Waals surface area contributed by atoms with E-state index in [1.165, 1.54) is 6.20 Å². The molecule has 1 aromatic heterocycles. The molecule has 6 heteroatoms. The highest BCUT2D eigenvalue weighted by atomic mass is 16.5. The minimum atomic E-state index is -0.236. The van der Waals surface area contributed by atoms with Crippen LogP contribution in [-0.2, 0) is 4.74 Å². The summed E-state index contributed by atoms with van der Waals surface area (Å²) in [4.78, 5) is 30.4. The summed E-state index contributed by atoms with van der Waals surface area (Å²) >= 11 is 0. The maximum Gasteiger partial charge on any atom is 0.259 e. The summed E-state index contributed by atoms with van der Waals surface area (Å²) in [5.41, 5.74) is 0.716. The second kappa shape index (κ2) is 5.63. The lowest BCUT2D eigenvalue weighted by Gasteiger charge is -2.21. The number of likely N-dealkylation sites (tertiary alicyclic amines) is 1. The highest BCUT2D eigenvalue weighted by molar-refractivity contribution is 5.97. The summed E-state index contributed by atoms with van der Waals surface area (Å²) in [6.45, 7) is 2.83. The van der Waals surface area contributed by atoms with E-state index in [0.29, 0.717) is 36.3 Å². The topological polar surface area (TPSA) is 71.6 Å². The van der Waals surface area contributed by atoms with Crippen molar-refractivity contribution in [1.82, 2.24) is 9.88 Å². The largest absolute Gasteiger partial charge is 0.497 e. The van der Waals surface area contributed by atoms with Gasteiger partial charge in [0, 0.05) is 42.8 Å². The van der Waals surface area contributed by atoms with Crippen molar-refractivity contribution in [3.8, 4) is 5.75 Å². The minimum absolute atomic E-state index is 0.0899. The number of hydrogen-bond donors (Lipinski definition) is 1. The molecule has 2 fully saturated rings. The number of rotatable bonds is 2. The van der Waals surface area contributed by atoms with E-state index in [1.54, 1.807) is 30.2 Å². The lowest BCUT2D eigenvalue weighted by Crippen LogP contribution is -2.35. The molecule has 1 unspecified atom stereocenters. The number of fused-ring (bicyclic) bond motifs is 1. The molecule has 0 saturated carbocycles. The second-order valence-corrected chi connectivity index (χ2v) is 6.72. The first-order valence-corrected chi connectivity index (χ1v) is 8.18. The van der Waals surface area contributed by atoms with Crippen LogP contribution in [0.3, 0.4) is 0 Å². The number of aromatic amines is 1. The van der Waals surface area contributed by atoms with E-state index in [-0.39, 0.29) is 22.3 Å². The van der Waals surface area contributed by atoms with Crippen LogP contribution >= 0.6 is 0 Å². The van der Waals surface area contributed by atoms with Gasteiger partial charge in [0.25, 0.3) is 5.91 Å². The fourth-order valence-electron chi connectivity index (χ4n) is 3.74. The number of carbonyl (C=O) groups excluding carboxylic acids is 1. The minimum Gasteiger partial charge on any atom is -0.497 e. The molecule has 2 saturated heterocycles. The first-order chi connectivity index (χ1) is 11.6. The van der Waals surface area contributed by atoms with E-state index in [9.17, 15) is 9.59 Å². The van der Waals surface area contributed by atoms with Crippen LogP contribution in [0.15, 0.2) is 29.2 Å². The van der Waals surface area contributed by atoms with Crippen molar-refractivity contribution in [2.45, 2.75) is 12.8 Å². The molecule has 1 aromatic carbocycles. The lowest BCUT2D eigenvalue weighted by atomic mass is 9.87. The third-order valence-electron chi connectivity index (χ3n) is 5.23. The van der Waals surface area contributed by atoms with Gasteiger partial charge in [-0.2, -0.15) is 0 Å². The number of H-pyrrole nitrogens is 1. The molecule has 0 radical (unpaired) electrons. The van der Waals surface area contributed by atoms with Crippen LogP contribution in [0.25, 0.3) is 10.9 Å². The number of nitrogens with zero attached hydrogens (tertiary/aromatic N) is 1. The average Bonchev–Trinajstić information content (AvgIpc) is 3.24. The van der Waals surface area contributed by atoms with Gasteiger partial charge in [0.1, 0.15) is 11.3 Å². The molecular weight excluding hydrogens is 308 g/mol. The predicted octanol–water partition coefficient (Wildman–Crippen LogP) is 1.79. The van der Waals surface area contributed by atoms with Crippen molar-refractivity contribution in [2.24, 2.45) is 5.41 Å². The van der Waals surface area contributed by atoms with Crippen LogP contribution in [0, 0.1) is 5.41 Å². The average molecular weight is 328 g/mol. The normalized spacial score (nSPS) is 23.3. The number of pyridine rings is 1. The molecule has 2 aliphatic heterocycles. The monoisotopic (exact) mass is 328 g/mol. The number of nitrogens with one attached hydrogen (secondary N) is 1. The Labute approximate surface area is 139 Å². The van der Waals surface area contributed by atoms with Crippen LogP contribution in [0.5, 0.6) is 5.75 Å². The van der Waals surface area contributed by atoms with E-state index in [2.05, 4.69) is 4.98 Å². The summed E-state index contributed by atoms with van der Waals surface area (Å²) in [5.74, 6) is 0.470. The molecule has 1 spiro atoms. The van der Waals surface area contributed by atoms with Gasteiger partial charge in [-0.25, -0.2) is 0 Å². The zero-order valence-electron chi connectivity index (χ0n) is 13.6. The molecule has 2 aromatic rings. The second-order valence-electron chi connectivity index (χ2n) is 6.72.